The summed E-state index contributed by atoms with van der Waals surface area (Å²) in [5, 5.41) is 15.8. The molecule has 2 N–H and O–H groups in total. The van der Waals surface area contributed by atoms with E-state index in [0.717, 1.165) is 31.4 Å². The molecule has 7 heterocycles. The molecular formula is C38H40F3N5O5. The lowest BCUT2D eigenvalue weighted by Gasteiger charge is -2.40. The molecule has 5 fully saturated rings. The van der Waals surface area contributed by atoms with Crippen LogP contribution in [-0.2, 0) is 16.1 Å². The van der Waals surface area contributed by atoms with Crippen LogP contribution in [0.4, 0.5) is 19.0 Å². The summed E-state index contributed by atoms with van der Waals surface area (Å²) in [6.07, 6.45) is 2.00. The highest BCUT2D eigenvalue weighted by Crippen LogP contribution is 2.52. The lowest BCUT2D eigenvalue weighted by molar-refractivity contribution is -0.108. The first-order chi connectivity index (χ1) is 24.7. The monoisotopic (exact) mass is 703 g/mol. The standard InChI is InChI=1S/C38H40F3N5O5/c1-2-48-13-21-5-3-4-20-8-24(47)9-25(28(20)21)29-31(40)33-30-34(32(29)41)50-14-27-26-7-6-23(42-26)12-46(27)35(30)44-36(43-33)51-19-38-10-22(39)11-45(38)16-37(15-38)17-49-18-37/h3-5,8-9,22-23,26-27,42,47H,2,6-7,10-19H2,1H3/t22-,23?,26?,27?,38-/m1/s1. The van der Waals surface area contributed by atoms with Crippen molar-refractivity contribution in [3.63, 3.8) is 0 Å². The normalized spacial score (nSPS) is 28.9. The molecule has 1 spiro atoms. The van der Waals surface area contributed by atoms with Gasteiger partial charge in [0.2, 0.25) is 0 Å². The van der Waals surface area contributed by atoms with E-state index in [0.29, 0.717) is 55.9 Å². The molecule has 5 atom stereocenters. The summed E-state index contributed by atoms with van der Waals surface area (Å²) in [6.45, 7) is 5.79. The Bertz CT molecular complexity index is 2080. The molecule has 268 valence electrons. The van der Waals surface area contributed by atoms with Crippen LogP contribution in [0.5, 0.6) is 17.5 Å². The Hall–Kier alpha value is -3.91. The number of aromatic nitrogens is 2. The van der Waals surface area contributed by atoms with Crippen LogP contribution in [0, 0.1) is 17.0 Å². The number of rotatable bonds is 7. The van der Waals surface area contributed by atoms with Gasteiger partial charge >= 0.3 is 6.01 Å². The van der Waals surface area contributed by atoms with Gasteiger partial charge in [0.1, 0.15) is 36.5 Å². The van der Waals surface area contributed by atoms with E-state index in [-0.39, 0.29) is 82.9 Å². The smallest absolute Gasteiger partial charge is 0.319 e. The van der Waals surface area contributed by atoms with Crippen LogP contribution in [0.15, 0.2) is 30.3 Å². The molecule has 51 heavy (non-hydrogen) atoms. The second-order valence-corrected chi connectivity index (χ2v) is 15.5. The largest absolute Gasteiger partial charge is 0.508 e. The molecule has 0 saturated carbocycles. The maximum Gasteiger partial charge on any atom is 0.319 e. The fourth-order valence-electron chi connectivity index (χ4n) is 10.0. The van der Waals surface area contributed by atoms with Gasteiger partial charge in [0, 0.05) is 50.2 Å². The van der Waals surface area contributed by atoms with Crippen LogP contribution >= 0.6 is 0 Å². The van der Waals surface area contributed by atoms with Crippen molar-refractivity contribution < 1.29 is 37.2 Å². The molecule has 4 aromatic rings. The highest BCUT2D eigenvalue weighted by molar-refractivity contribution is 6.05. The number of halogens is 3. The van der Waals surface area contributed by atoms with Crippen molar-refractivity contribution in [1.82, 2.24) is 20.2 Å². The zero-order valence-corrected chi connectivity index (χ0v) is 28.4. The van der Waals surface area contributed by atoms with Crippen molar-refractivity contribution in [1.29, 1.82) is 0 Å². The van der Waals surface area contributed by atoms with Gasteiger partial charge in [0.05, 0.1) is 42.4 Å². The van der Waals surface area contributed by atoms with Crippen LogP contribution in [0.1, 0.15) is 38.2 Å². The summed E-state index contributed by atoms with van der Waals surface area (Å²) in [7, 11) is 0. The lowest BCUT2D eigenvalue weighted by Crippen LogP contribution is -2.60. The van der Waals surface area contributed by atoms with Gasteiger partial charge in [0.15, 0.2) is 17.4 Å². The Morgan fingerprint density at radius 2 is 1.98 bits per heavy atom. The van der Waals surface area contributed by atoms with E-state index >= 15 is 8.78 Å². The summed E-state index contributed by atoms with van der Waals surface area (Å²) in [4.78, 5) is 13.8. The van der Waals surface area contributed by atoms with Gasteiger partial charge in [-0.2, -0.15) is 9.97 Å². The third kappa shape index (κ3) is 4.84. The van der Waals surface area contributed by atoms with Crippen molar-refractivity contribution in [2.75, 3.05) is 57.6 Å². The number of nitrogens with zero attached hydrogens (tertiary/aromatic N) is 4. The van der Waals surface area contributed by atoms with E-state index in [1.807, 2.05) is 19.1 Å². The lowest BCUT2D eigenvalue weighted by atomic mass is 9.78. The Labute approximate surface area is 292 Å². The van der Waals surface area contributed by atoms with E-state index in [9.17, 15) is 9.50 Å². The minimum absolute atomic E-state index is 0.0131. The molecule has 6 aliphatic heterocycles. The van der Waals surface area contributed by atoms with Crippen molar-refractivity contribution in [3.05, 3.63) is 47.5 Å². The number of phenols is 1. The Kier molecular flexibility index (Phi) is 7.20. The molecule has 6 aliphatic rings. The Balaban J connectivity index is 1.15. The number of phenolic OH excluding ortho intramolecular Hbond substituents is 1. The van der Waals surface area contributed by atoms with E-state index in [2.05, 4.69) is 20.1 Å². The zero-order chi connectivity index (χ0) is 34.6. The second kappa shape index (κ2) is 11.5. The van der Waals surface area contributed by atoms with Crippen molar-refractivity contribution in [2.45, 2.75) is 69.1 Å². The van der Waals surface area contributed by atoms with Gasteiger partial charge in [-0.25, -0.2) is 13.2 Å². The van der Waals surface area contributed by atoms with Gasteiger partial charge in [-0.15, -0.1) is 0 Å². The fourth-order valence-corrected chi connectivity index (χ4v) is 10.0. The molecule has 0 aliphatic carbocycles. The van der Waals surface area contributed by atoms with E-state index in [1.54, 1.807) is 12.1 Å². The predicted octanol–water partition coefficient (Wildman–Crippen LogP) is 5.25. The number of anilines is 1. The maximum atomic E-state index is 17.4. The van der Waals surface area contributed by atoms with Crippen molar-refractivity contribution in [2.24, 2.45) is 5.41 Å². The zero-order valence-electron chi connectivity index (χ0n) is 28.4. The summed E-state index contributed by atoms with van der Waals surface area (Å²) in [6, 6.07) is 8.46. The third-order valence-corrected chi connectivity index (χ3v) is 12.2. The van der Waals surface area contributed by atoms with E-state index in [1.165, 1.54) is 6.07 Å². The Morgan fingerprint density at radius 1 is 1.10 bits per heavy atom. The molecule has 5 saturated heterocycles. The number of piperazine rings is 1. The second-order valence-electron chi connectivity index (χ2n) is 15.5. The quantitative estimate of drug-likeness (QED) is 0.266. The van der Waals surface area contributed by atoms with Gasteiger partial charge in [-0.05, 0) is 60.2 Å². The number of hydrogen-bond donors (Lipinski definition) is 2. The summed E-state index contributed by atoms with van der Waals surface area (Å²) >= 11 is 0. The average molecular weight is 704 g/mol. The number of alkyl halides is 1. The number of nitrogens with one attached hydrogen (secondary N) is 1. The SMILES string of the molecule is CCOCc1cccc2cc(O)cc(-c3c(F)c4c5c(nc(OC[C@]67C[C@@H](F)CN6CC6(COC6)C7)nc5c3F)N3CC5CCC(N5)C3CO4)c12. The van der Waals surface area contributed by atoms with Crippen LogP contribution in [0.3, 0.4) is 0 Å². The van der Waals surface area contributed by atoms with E-state index < -0.39 is 23.3 Å². The Morgan fingerprint density at radius 3 is 2.80 bits per heavy atom. The average Bonchev–Trinajstić information content (AvgIpc) is 3.70. The molecule has 0 amide bonds. The van der Waals surface area contributed by atoms with Gasteiger partial charge in [-0.3, -0.25) is 4.90 Å². The first kappa shape index (κ1) is 31.8. The number of aromatic hydroxyl groups is 1. The van der Waals surface area contributed by atoms with Crippen molar-refractivity contribution in [3.8, 4) is 28.6 Å². The number of fused-ring (bicyclic) bond motifs is 7. The van der Waals surface area contributed by atoms with Crippen molar-refractivity contribution >= 4 is 27.5 Å². The molecule has 13 heteroatoms. The van der Waals surface area contributed by atoms with Crippen LogP contribution in [0.2, 0.25) is 0 Å². The summed E-state index contributed by atoms with van der Waals surface area (Å²) in [5.74, 6) is -1.69. The minimum Gasteiger partial charge on any atom is -0.508 e. The minimum atomic E-state index is -0.973. The first-order valence-electron chi connectivity index (χ1n) is 18.1. The van der Waals surface area contributed by atoms with E-state index in [4.69, 9.17) is 23.9 Å². The van der Waals surface area contributed by atoms with Crippen LogP contribution in [-0.4, -0.2) is 102 Å². The molecule has 1 aromatic heterocycles. The number of benzene rings is 3. The first-order valence-corrected chi connectivity index (χ1v) is 18.1. The highest BCUT2D eigenvalue weighted by Gasteiger charge is 2.61. The predicted molar refractivity (Wildman–Crippen MR) is 183 cm³/mol. The van der Waals surface area contributed by atoms with Gasteiger partial charge in [-0.1, -0.05) is 18.2 Å². The topological polar surface area (TPSA) is 101 Å². The molecule has 0 radical (unpaired) electrons. The molecule has 3 aromatic carbocycles. The summed E-state index contributed by atoms with van der Waals surface area (Å²) in [5.41, 5.74) is -0.173. The summed E-state index contributed by atoms with van der Waals surface area (Å²) < 4.78 is 73.5. The number of ether oxygens (including phenoxy) is 4. The third-order valence-electron chi connectivity index (χ3n) is 12.2. The molecule has 10 nitrogen and oxygen atoms in total. The van der Waals surface area contributed by atoms with Crippen LogP contribution in [0.25, 0.3) is 32.8 Å². The maximum absolute atomic E-state index is 17.4. The van der Waals surface area contributed by atoms with Crippen LogP contribution < -0.4 is 19.7 Å². The van der Waals surface area contributed by atoms with Gasteiger partial charge < -0.3 is 34.3 Å². The fraction of sp³-hybridized carbons (Fsp3) is 0.526. The number of hydrogen-bond acceptors (Lipinski definition) is 10. The van der Waals surface area contributed by atoms with Gasteiger partial charge in [0.25, 0.3) is 0 Å². The molecule has 10 rings (SSSR count). The molecule has 3 unspecified atom stereocenters. The highest BCUT2D eigenvalue weighted by atomic mass is 19.1. The molecule has 2 bridgehead atoms. The molecular weight excluding hydrogens is 663 g/mol.